The van der Waals surface area contributed by atoms with E-state index in [0.29, 0.717) is 16.3 Å². The summed E-state index contributed by atoms with van der Waals surface area (Å²) in [6.45, 7) is 4.27. The molecule has 7 nitrogen and oxygen atoms in total. The van der Waals surface area contributed by atoms with E-state index in [1.807, 2.05) is 25.1 Å². The maximum atomic E-state index is 12.9. The van der Waals surface area contributed by atoms with Gasteiger partial charge in [-0.2, -0.15) is 5.10 Å². The average Bonchev–Trinajstić information content (AvgIpc) is 3.26. The number of esters is 1. The number of nitrogens with one attached hydrogen (secondary N) is 1. The molecule has 2 aromatic heterocycles. The Balaban J connectivity index is 1.61. The van der Waals surface area contributed by atoms with Gasteiger partial charge in [0, 0.05) is 31.6 Å². The molecule has 0 radical (unpaired) electrons. The van der Waals surface area contributed by atoms with Crippen LogP contribution in [0.3, 0.4) is 0 Å². The number of nitrogens with zero attached hydrogens (tertiary/aromatic N) is 3. The van der Waals surface area contributed by atoms with E-state index >= 15 is 0 Å². The number of benzene rings is 1. The SMILES string of the molecule is COC(=O)c1c(NC(=O)c2c(C)cnn2C)sc2c1CCN(Cc1ccccc1)C2. The fourth-order valence-corrected chi connectivity index (χ4v) is 5.15. The van der Waals surface area contributed by atoms with Crippen LogP contribution in [0.4, 0.5) is 5.00 Å². The Bertz CT molecular complexity index is 1070. The third-order valence-corrected chi connectivity index (χ3v) is 6.47. The van der Waals surface area contributed by atoms with Crippen LogP contribution in [0.1, 0.15) is 42.4 Å². The van der Waals surface area contributed by atoms with Gasteiger partial charge in [-0.15, -0.1) is 11.3 Å². The van der Waals surface area contributed by atoms with Crippen LogP contribution in [0.2, 0.25) is 0 Å². The normalized spacial score (nSPS) is 13.7. The van der Waals surface area contributed by atoms with Gasteiger partial charge in [-0.3, -0.25) is 14.4 Å². The van der Waals surface area contributed by atoms with Crippen molar-refractivity contribution in [2.75, 3.05) is 19.0 Å². The van der Waals surface area contributed by atoms with Gasteiger partial charge in [0.05, 0.1) is 18.9 Å². The number of carbonyl (C=O) groups is 2. The Morgan fingerprint density at radius 3 is 2.70 bits per heavy atom. The van der Waals surface area contributed by atoms with Gasteiger partial charge < -0.3 is 10.1 Å². The van der Waals surface area contributed by atoms with E-state index in [9.17, 15) is 9.59 Å². The number of anilines is 1. The number of amides is 1. The zero-order valence-corrected chi connectivity index (χ0v) is 18.1. The van der Waals surface area contributed by atoms with Crippen LogP contribution in [-0.4, -0.2) is 40.2 Å². The highest BCUT2D eigenvalue weighted by Gasteiger charge is 2.30. The van der Waals surface area contributed by atoms with E-state index in [4.69, 9.17) is 4.74 Å². The summed E-state index contributed by atoms with van der Waals surface area (Å²) in [5.41, 5.74) is 3.97. The monoisotopic (exact) mass is 424 g/mol. The van der Waals surface area contributed by atoms with E-state index in [1.54, 1.807) is 13.2 Å². The second-order valence-corrected chi connectivity index (χ2v) is 8.50. The third-order valence-electron chi connectivity index (χ3n) is 5.34. The predicted octanol–water partition coefficient (Wildman–Crippen LogP) is 3.39. The number of thiophene rings is 1. The summed E-state index contributed by atoms with van der Waals surface area (Å²) in [5.74, 6) is -0.696. The summed E-state index contributed by atoms with van der Waals surface area (Å²) in [6.07, 6.45) is 2.39. The standard InChI is InChI=1S/C22H24N4O3S/c1-14-11-23-25(2)19(14)20(27)24-21-18(22(28)29-3)16-9-10-26(13-17(16)30-21)12-15-7-5-4-6-8-15/h4-8,11H,9-10,12-13H2,1-3H3,(H,24,27). The third kappa shape index (κ3) is 3.88. The number of carbonyl (C=O) groups excluding carboxylic acids is 2. The van der Waals surface area contributed by atoms with E-state index in [0.717, 1.165) is 42.1 Å². The minimum atomic E-state index is -0.416. The number of methoxy groups -OCH3 is 1. The molecule has 0 atom stereocenters. The van der Waals surface area contributed by atoms with Gasteiger partial charge in [-0.05, 0) is 30.0 Å². The molecular formula is C22H24N4O3S. The van der Waals surface area contributed by atoms with Crippen LogP contribution in [0.5, 0.6) is 0 Å². The molecule has 1 aliphatic rings. The van der Waals surface area contributed by atoms with E-state index < -0.39 is 5.97 Å². The van der Waals surface area contributed by atoms with Gasteiger partial charge in [0.1, 0.15) is 10.7 Å². The Hall–Kier alpha value is -2.97. The minimum absolute atomic E-state index is 0.280. The van der Waals surface area contributed by atoms with Crippen molar-refractivity contribution in [3.05, 3.63) is 69.4 Å². The smallest absolute Gasteiger partial charge is 0.341 e. The van der Waals surface area contributed by atoms with E-state index in [2.05, 4.69) is 27.4 Å². The molecule has 0 fully saturated rings. The Labute approximate surface area is 179 Å². The highest BCUT2D eigenvalue weighted by Crippen LogP contribution is 2.38. The van der Waals surface area contributed by atoms with Crippen LogP contribution < -0.4 is 5.32 Å². The van der Waals surface area contributed by atoms with Gasteiger partial charge in [-0.25, -0.2) is 4.79 Å². The number of hydrogen-bond donors (Lipinski definition) is 1. The first-order valence-corrected chi connectivity index (χ1v) is 10.6. The molecule has 3 aromatic rings. The summed E-state index contributed by atoms with van der Waals surface area (Å²) in [7, 11) is 3.10. The zero-order valence-electron chi connectivity index (χ0n) is 17.3. The van der Waals surface area contributed by atoms with Crippen molar-refractivity contribution in [2.24, 2.45) is 7.05 Å². The van der Waals surface area contributed by atoms with Crippen LogP contribution in [0, 0.1) is 6.92 Å². The molecule has 0 spiro atoms. The summed E-state index contributed by atoms with van der Waals surface area (Å²) in [6, 6.07) is 10.3. The van der Waals surface area contributed by atoms with E-state index in [-0.39, 0.29) is 5.91 Å². The largest absolute Gasteiger partial charge is 0.465 e. The topological polar surface area (TPSA) is 76.5 Å². The van der Waals surface area contributed by atoms with Crippen LogP contribution in [0.15, 0.2) is 36.5 Å². The molecule has 30 heavy (non-hydrogen) atoms. The Morgan fingerprint density at radius 1 is 1.27 bits per heavy atom. The number of hydrogen-bond acceptors (Lipinski definition) is 6. The molecule has 1 aromatic carbocycles. The zero-order chi connectivity index (χ0) is 21.3. The average molecular weight is 425 g/mol. The fourth-order valence-electron chi connectivity index (χ4n) is 3.87. The van der Waals surface area contributed by atoms with Crippen molar-refractivity contribution in [3.8, 4) is 0 Å². The molecule has 0 bridgehead atoms. The predicted molar refractivity (Wildman–Crippen MR) is 116 cm³/mol. The molecule has 3 heterocycles. The molecule has 0 saturated carbocycles. The molecule has 1 aliphatic heterocycles. The van der Waals surface area contributed by atoms with Crippen molar-refractivity contribution >= 4 is 28.2 Å². The summed E-state index contributed by atoms with van der Waals surface area (Å²) in [4.78, 5) is 28.9. The number of aryl methyl sites for hydroxylation is 2. The van der Waals surface area contributed by atoms with Crippen molar-refractivity contribution in [3.63, 3.8) is 0 Å². The molecule has 0 unspecified atom stereocenters. The minimum Gasteiger partial charge on any atom is -0.465 e. The van der Waals surface area contributed by atoms with E-state index in [1.165, 1.54) is 28.7 Å². The molecule has 8 heteroatoms. The van der Waals surface area contributed by atoms with Crippen LogP contribution in [-0.2, 0) is 31.3 Å². The molecule has 1 N–H and O–H groups in total. The highest BCUT2D eigenvalue weighted by atomic mass is 32.1. The molecule has 1 amide bonds. The molecule has 4 rings (SSSR count). The van der Waals surface area contributed by atoms with Gasteiger partial charge in [0.25, 0.3) is 5.91 Å². The van der Waals surface area contributed by atoms with Gasteiger partial charge >= 0.3 is 5.97 Å². The summed E-state index contributed by atoms with van der Waals surface area (Å²) in [5, 5.41) is 7.60. The summed E-state index contributed by atoms with van der Waals surface area (Å²) < 4.78 is 6.57. The lowest BCUT2D eigenvalue weighted by Gasteiger charge is -2.27. The lowest BCUT2D eigenvalue weighted by molar-refractivity contribution is 0.0600. The van der Waals surface area contributed by atoms with Gasteiger partial charge in [-0.1, -0.05) is 30.3 Å². The van der Waals surface area contributed by atoms with Crippen molar-refractivity contribution in [2.45, 2.75) is 26.4 Å². The maximum Gasteiger partial charge on any atom is 0.341 e. The van der Waals surface area contributed by atoms with Crippen LogP contribution in [0.25, 0.3) is 0 Å². The second kappa shape index (κ2) is 8.41. The number of aromatic nitrogens is 2. The second-order valence-electron chi connectivity index (χ2n) is 7.40. The van der Waals surface area contributed by atoms with Crippen LogP contribution >= 0.6 is 11.3 Å². The first-order valence-electron chi connectivity index (χ1n) is 9.77. The van der Waals surface area contributed by atoms with Crippen molar-refractivity contribution < 1.29 is 14.3 Å². The molecule has 0 saturated heterocycles. The quantitative estimate of drug-likeness (QED) is 0.636. The van der Waals surface area contributed by atoms with Gasteiger partial charge in [0.2, 0.25) is 0 Å². The Kier molecular flexibility index (Phi) is 5.69. The lowest BCUT2D eigenvalue weighted by atomic mass is 10.0. The Morgan fingerprint density at radius 2 is 2.03 bits per heavy atom. The fraction of sp³-hybridized carbons (Fsp3) is 0.318. The number of fused-ring (bicyclic) bond motifs is 1. The number of rotatable bonds is 5. The summed E-state index contributed by atoms with van der Waals surface area (Å²) >= 11 is 1.45. The van der Waals surface area contributed by atoms with Crippen molar-refractivity contribution in [1.29, 1.82) is 0 Å². The molecular weight excluding hydrogens is 400 g/mol. The molecule has 0 aliphatic carbocycles. The molecule has 156 valence electrons. The first-order chi connectivity index (χ1) is 14.5. The first kappa shape index (κ1) is 20.3. The van der Waals surface area contributed by atoms with Gasteiger partial charge in [0.15, 0.2) is 0 Å². The highest BCUT2D eigenvalue weighted by molar-refractivity contribution is 7.17. The maximum absolute atomic E-state index is 12.9. The number of ether oxygens (including phenoxy) is 1. The van der Waals surface area contributed by atoms with Crippen molar-refractivity contribution in [1.82, 2.24) is 14.7 Å². The lowest BCUT2D eigenvalue weighted by Crippen LogP contribution is -2.29.